The van der Waals surface area contributed by atoms with E-state index in [4.69, 9.17) is 0 Å². The summed E-state index contributed by atoms with van der Waals surface area (Å²) in [6.45, 7) is 2.88. The molecule has 2 aliphatic rings. The van der Waals surface area contributed by atoms with Crippen LogP contribution >= 0.6 is 0 Å². The summed E-state index contributed by atoms with van der Waals surface area (Å²) >= 11 is 0. The van der Waals surface area contributed by atoms with Crippen LogP contribution in [0.15, 0.2) is 0 Å². The molecule has 0 bridgehead atoms. The fourth-order valence-electron chi connectivity index (χ4n) is 3.32. The number of amides is 1. The maximum atomic E-state index is 12.6. The van der Waals surface area contributed by atoms with Gasteiger partial charge in [0.1, 0.15) is 6.04 Å². The Bertz CT molecular complexity index is 450. The first kappa shape index (κ1) is 15.7. The minimum Gasteiger partial charge on any atom is -0.341 e. The summed E-state index contributed by atoms with van der Waals surface area (Å²) in [5.41, 5.74) is 0. The number of nitrogens with one attached hydrogen (secondary N) is 1. The Morgan fingerprint density at radius 3 is 2.60 bits per heavy atom. The number of carbonyl (C=O) groups is 1. The van der Waals surface area contributed by atoms with E-state index in [1.165, 1.54) is 10.6 Å². The Labute approximate surface area is 121 Å². The van der Waals surface area contributed by atoms with E-state index in [1.54, 1.807) is 0 Å². The molecule has 2 heterocycles. The summed E-state index contributed by atoms with van der Waals surface area (Å²) in [5, 5.41) is 3.16. The smallest absolute Gasteiger partial charge is 0.241 e. The van der Waals surface area contributed by atoms with E-state index in [-0.39, 0.29) is 5.91 Å². The van der Waals surface area contributed by atoms with Crippen molar-refractivity contribution in [2.45, 2.75) is 31.7 Å². The van der Waals surface area contributed by atoms with Crippen molar-refractivity contribution in [3.8, 4) is 0 Å². The zero-order valence-corrected chi connectivity index (χ0v) is 13.2. The molecule has 1 N–H and O–H groups in total. The van der Waals surface area contributed by atoms with Gasteiger partial charge in [-0.15, -0.1) is 0 Å². The van der Waals surface area contributed by atoms with Gasteiger partial charge in [-0.2, -0.15) is 4.31 Å². The van der Waals surface area contributed by atoms with Crippen molar-refractivity contribution in [2.75, 3.05) is 39.5 Å². The van der Waals surface area contributed by atoms with Gasteiger partial charge in [-0.25, -0.2) is 8.42 Å². The lowest BCUT2D eigenvalue weighted by atomic mass is 9.97. The van der Waals surface area contributed by atoms with Crippen molar-refractivity contribution in [3.05, 3.63) is 0 Å². The van der Waals surface area contributed by atoms with Crippen molar-refractivity contribution >= 4 is 15.9 Å². The van der Waals surface area contributed by atoms with Gasteiger partial charge >= 0.3 is 0 Å². The van der Waals surface area contributed by atoms with E-state index < -0.39 is 16.1 Å². The fraction of sp³-hybridized carbons (Fsp3) is 0.923. The third-order valence-electron chi connectivity index (χ3n) is 4.24. The molecule has 0 aliphatic carbocycles. The maximum absolute atomic E-state index is 12.6. The molecule has 0 aromatic carbocycles. The topological polar surface area (TPSA) is 69.7 Å². The Kier molecular flexibility index (Phi) is 5.04. The highest BCUT2D eigenvalue weighted by Gasteiger charge is 2.39. The number of sulfonamides is 1. The molecule has 6 nitrogen and oxygen atoms in total. The highest BCUT2D eigenvalue weighted by atomic mass is 32.2. The quantitative estimate of drug-likeness (QED) is 0.785. The zero-order valence-electron chi connectivity index (χ0n) is 12.3. The van der Waals surface area contributed by atoms with E-state index in [0.29, 0.717) is 18.9 Å². The van der Waals surface area contributed by atoms with Crippen LogP contribution in [0.5, 0.6) is 0 Å². The van der Waals surface area contributed by atoms with E-state index >= 15 is 0 Å². The van der Waals surface area contributed by atoms with Crippen LogP contribution in [-0.2, 0) is 14.8 Å². The van der Waals surface area contributed by atoms with E-state index in [2.05, 4.69) is 5.32 Å². The molecule has 0 aromatic heterocycles. The van der Waals surface area contributed by atoms with Crippen LogP contribution in [0, 0.1) is 5.92 Å². The Morgan fingerprint density at radius 1 is 1.25 bits per heavy atom. The number of hydrogen-bond acceptors (Lipinski definition) is 4. The van der Waals surface area contributed by atoms with Crippen molar-refractivity contribution in [1.82, 2.24) is 14.5 Å². The van der Waals surface area contributed by atoms with E-state index in [9.17, 15) is 13.2 Å². The SMILES string of the molecule is CNC[C@H]1CCCN(C(=O)[C@@H]2CCCN2S(C)(=O)=O)C1. The van der Waals surface area contributed by atoms with Crippen molar-refractivity contribution in [3.63, 3.8) is 0 Å². The van der Waals surface area contributed by atoms with Crippen molar-refractivity contribution in [2.24, 2.45) is 5.92 Å². The zero-order chi connectivity index (χ0) is 14.8. The summed E-state index contributed by atoms with van der Waals surface area (Å²) in [6, 6.07) is -0.474. The van der Waals surface area contributed by atoms with Crippen LogP contribution in [0.1, 0.15) is 25.7 Å². The molecule has 2 aliphatic heterocycles. The third kappa shape index (κ3) is 3.51. The van der Waals surface area contributed by atoms with Crippen LogP contribution in [0.25, 0.3) is 0 Å². The summed E-state index contributed by atoms with van der Waals surface area (Å²) in [5.74, 6) is 0.472. The summed E-state index contributed by atoms with van der Waals surface area (Å²) in [7, 11) is -1.37. The average Bonchev–Trinajstić information content (AvgIpc) is 2.87. The monoisotopic (exact) mass is 303 g/mol. The number of likely N-dealkylation sites (tertiary alicyclic amines) is 1. The summed E-state index contributed by atoms with van der Waals surface area (Å²) in [4.78, 5) is 14.5. The number of piperidine rings is 1. The van der Waals surface area contributed by atoms with E-state index in [0.717, 1.165) is 38.9 Å². The van der Waals surface area contributed by atoms with Crippen LogP contribution in [0.2, 0.25) is 0 Å². The normalized spacial score (nSPS) is 28.8. The second-order valence-corrected chi connectivity index (χ2v) is 7.82. The molecular weight excluding hydrogens is 278 g/mol. The number of carbonyl (C=O) groups excluding carboxylic acids is 1. The number of nitrogens with zero attached hydrogens (tertiary/aromatic N) is 2. The molecule has 0 radical (unpaired) electrons. The maximum Gasteiger partial charge on any atom is 0.241 e. The first-order chi connectivity index (χ1) is 9.43. The minimum absolute atomic E-state index is 0.00581. The van der Waals surface area contributed by atoms with Crippen LogP contribution in [0.3, 0.4) is 0 Å². The highest BCUT2D eigenvalue weighted by Crippen LogP contribution is 2.24. The molecule has 20 heavy (non-hydrogen) atoms. The van der Waals surface area contributed by atoms with Gasteiger partial charge in [-0.3, -0.25) is 4.79 Å². The molecule has 0 unspecified atom stereocenters. The van der Waals surface area contributed by atoms with Crippen molar-refractivity contribution < 1.29 is 13.2 Å². The predicted molar refractivity (Wildman–Crippen MR) is 77.8 cm³/mol. The second-order valence-electron chi connectivity index (χ2n) is 5.88. The lowest BCUT2D eigenvalue weighted by Gasteiger charge is -2.35. The van der Waals surface area contributed by atoms with Gasteiger partial charge < -0.3 is 10.2 Å². The predicted octanol–water partition coefficient (Wildman–Crippen LogP) is -0.132. The molecule has 2 atom stereocenters. The lowest BCUT2D eigenvalue weighted by molar-refractivity contribution is -0.136. The molecule has 2 fully saturated rings. The Hall–Kier alpha value is -0.660. The van der Waals surface area contributed by atoms with Crippen LogP contribution in [-0.4, -0.2) is 69.1 Å². The molecule has 0 aromatic rings. The largest absolute Gasteiger partial charge is 0.341 e. The van der Waals surface area contributed by atoms with Gasteiger partial charge in [0.2, 0.25) is 15.9 Å². The number of rotatable bonds is 4. The van der Waals surface area contributed by atoms with Gasteiger partial charge in [0.25, 0.3) is 0 Å². The third-order valence-corrected chi connectivity index (χ3v) is 5.53. The van der Waals surface area contributed by atoms with Gasteiger partial charge in [0, 0.05) is 19.6 Å². The van der Waals surface area contributed by atoms with Crippen LogP contribution in [0.4, 0.5) is 0 Å². The first-order valence-electron chi connectivity index (χ1n) is 7.33. The molecule has 0 spiro atoms. The van der Waals surface area contributed by atoms with Gasteiger partial charge in [0.15, 0.2) is 0 Å². The average molecular weight is 303 g/mol. The second kappa shape index (κ2) is 6.41. The van der Waals surface area contributed by atoms with Gasteiger partial charge in [-0.1, -0.05) is 0 Å². The molecule has 7 heteroatoms. The molecule has 1 amide bonds. The van der Waals surface area contributed by atoms with Crippen molar-refractivity contribution in [1.29, 1.82) is 0 Å². The minimum atomic E-state index is -3.29. The molecule has 0 saturated carbocycles. The van der Waals surface area contributed by atoms with E-state index in [1.807, 2.05) is 11.9 Å². The molecule has 2 saturated heterocycles. The first-order valence-corrected chi connectivity index (χ1v) is 9.18. The van der Waals surface area contributed by atoms with Gasteiger partial charge in [0.05, 0.1) is 6.26 Å². The standard InChI is InChI=1S/C13H25N3O3S/c1-14-9-11-5-3-7-15(10-11)13(17)12-6-4-8-16(12)20(2,18)19/h11-12,14H,3-10H2,1-2H3/t11-,12+/m1/s1. The molecule has 2 rings (SSSR count). The molecule has 116 valence electrons. The van der Waals surface area contributed by atoms with Gasteiger partial charge in [-0.05, 0) is 45.2 Å². The van der Waals surface area contributed by atoms with Crippen LogP contribution < -0.4 is 5.32 Å². The molecular formula is C13H25N3O3S. The summed E-state index contributed by atoms with van der Waals surface area (Å²) < 4.78 is 24.9. The summed E-state index contributed by atoms with van der Waals surface area (Å²) in [6.07, 6.45) is 4.75. The lowest BCUT2D eigenvalue weighted by Crippen LogP contribution is -2.51. The highest BCUT2D eigenvalue weighted by molar-refractivity contribution is 7.88. The number of hydrogen-bond donors (Lipinski definition) is 1. The Balaban J connectivity index is 2.03. The fourth-order valence-corrected chi connectivity index (χ4v) is 4.43. The Morgan fingerprint density at radius 2 is 1.95 bits per heavy atom.